The second-order valence-corrected chi connectivity index (χ2v) is 5.02. The molecule has 0 spiro atoms. The molecule has 1 saturated heterocycles. The Morgan fingerprint density at radius 1 is 1.11 bits per heavy atom. The fraction of sp³-hybridized carbons (Fsp3) is 0.333. The summed E-state index contributed by atoms with van der Waals surface area (Å²) in [6, 6.07) is 7.99. The smallest absolute Gasteiger partial charge is 0.163 e. The SMILES string of the molecule is CC1(C)OCC(c2cc(-c3ccncc3)ccn2)O1. The zero-order valence-electron chi connectivity index (χ0n) is 11.0. The van der Waals surface area contributed by atoms with Gasteiger partial charge in [0, 0.05) is 18.6 Å². The van der Waals surface area contributed by atoms with Gasteiger partial charge in [0.15, 0.2) is 5.79 Å². The van der Waals surface area contributed by atoms with Gasteiger partial charge in [0.05, 0.1) is 12.3 Å². The summed E-state index contributed by atoms with van der Waals surface area (Å²) in [7, 11) is 0. The van der Waals surface area contributed by atoms with Crippen LogP contribution in [-0.2, 0) is 9.47 Å². The van der Waals surface area contributed by atoms with Gasteiger partial charge < -0.3 is 9.47 Å². The molecule has 19 heavy (non-hydrogen) atoms. The van der Waals surface area contributed by atoms with E-state index in [0.29, 0.717) is 6.61 Å². The first-order valence-corrected chi connectivity index (χ1v) is 6.32. The number of aromatic nitrogens is 2. The van der Waals surface area contributed by atoms with E-state index in [1.807, 2.05) is 38.1 Å². The summed E-state index contributed by atoms with van der Waals surface area (Å²) in [6.07, 6.45) is 5.28. The van der Waals surface area contributed by atoms with Gasteiger partial charge in [-0.15, -0.1) is 0 Å². The largest absolute Gasteiger partial charge is 0.347 e. The van der Waals surface area contributed by atoms with E-state index in [0.717, 1.165) is 16.8 Å². The van der Waals surface area contributed by atoms with Crippen molar-refractivity contribution in [1.29, 1.82) is 0 Å². The molecule has 1 atom stereocenters. The van der Waals surface area contributed by atoms with E-state index in [-0.39, 0.29) is 6.10 Å². The highest BCUT2D eigenvalue weighted by Gasteiger charge is 2.34. The van der Waals surface area contributed by atoms with Crippen LogP contribution in [0.3, 0.4) is 0 Å². The Bertz CT molecular complexity index is 569. The third kappa shape index (κ3) is 2.64. The van der Waals surface area contributed by atoms with Crippen molar-refractivity contribution in [2.45, 2.75) is 25.7 Å². The number of nitrogens with zero attached hydrogens (tertiary/aromatic N) is 2. The molecule has 1 fully saturated rings. The fourth-order valence-electron chi connectivity index (χ4n) is 2.18. The van der Waals surface area contributed by atoms with Crippen LogP contribution < -0.4 is 0 Å². The van der Waals surface area contributed by atoms with Gasteiger partial charge in [-0.05, 0) is 49.2 Å². The second kappa shape index (κ2) is 4.72. The Kier molecular flexibility index (Phi) is 3.05. The van der Waals surface area contributed by atoms with Crippen molar-refractivity contribution in [3.63, 3.8) is 0 Å². The Morgan fingerprint density at radius 3 is 2.53 bits per heavy atom. The Hall–Kier alpha value is -1.78. The number of ether oxygens (including phenoxy) is 2. The van der Waals surface area contributed by atoms with Gasteiger partial charge in [-0.3, -0.25) is 9.97 Å². The lowest BCUT2D eigenvalue weighted by atomic mass is 10.1. The van der Waals surface area contributed by atoms with Gasteiger partial charge in [-0.25, -0.2) is 0 Å². The predicted molar refractivity (Wildman–Crippen MR) is 71.3 cm³/mol. The maximum Gasteiger partial charge on any atom is 0.163 e. The number of hydrogen-bond acceptors (Lipinski definition) is 4. The van der Waals surface area contributed by atoms with Crippen LogP contribution in [0, 0.1) is 0 Å². The van der Waals surface area contributed by atoms with E-state index < -0.39 is 5.79 Å². The molecule has 1 unspecified atom stereocenters. The van der Waals surface area contributed by atoms with Gasteiger partial charge in [-0.2, -0.15) is 0 Å². The molecule has 2 aromatic rings. The van der Waals surface area contributed by atoms with Crippen LogP contribution in [0.4, 0.5) is 0 Å². The number of pyridine rings is 2. The van der Waals surface area contributed by atoms with Crippen LogP contribution in [0.5, 0.6) is 0 Å². The molecular weight excluding hydrogens is 240 g/mol. The van der Waals surface area contributed by atoms with Crippen LogP contribution in [-0.4, -0.2) is 22.4 Å². The van der Waals surface area contributed by atoms with Crippen molar-refractivity contribution in [3.05, 3.63) is 48.5 Å². The molecule has 1 aliphatic heterocycles. The van der Waals surface area contributed by atoms with E-state index in [9.17, 15) is 0 Å². The summed E-state index contributed by atoms with van der Waals surface area (Å²) in [5, 5.41) is 0. The Balaban J connectivity index is 1.89. The molecule has 0 saturated carbocycles. The van der Waals surface area contributed by atoms with Crippen molar-refractivity contribution < 1.29 is 9.47 Å². The molecule has 3 heterocycles. The third-order valence-electron chi connectivity index (χ3n) is 3.13. The van der Waals surface area contributed by atoms with Crippen molar-refractivity contribution in [3.8, 4) is 11.1 Å². The van der Waals surface area contributed by atoms with Crippen LogP contribution in [0.2, 0.25) is 0 Å². The van der Waals surface area contributed by atoms with Gasteiger partial charge in [0.25, 0.3) is 0 Å². The predicted octanol–water partition coefficient (Wildman–Crippen LogP) is 2.97. The molecule has 0 aromatic carbocycles. The molecule has 2 aromatic heterocycles. The van der Waals surface area contributed by atoms with Crippen molar-refractivity contribution >= 4 is 0 Å². The van der Waals surface area contributed by atoms with Crippen molar-refractivity contribution in [2.75, 3.05) is 6.61 Å². The van der Waals surface area contributed by atoms with Gasteiger partial charge in [0.1, 0.15) is 6.10 Å². The van der Waals surface area contributed by atoms with Gasteiger partial charge >= 0.3 is 0 Å². The average Bonchev–Trinajstić information content (AvgIpc) is 2.80. The van der Waals surface area contributed by atoms with E-state index in [4.69, 9.17) is 9.47 Å². The topological polar surface area (TPSA) is 44.2 Å². The summed E-state index contributed by atoms with van der Waals surface area (Å²) in [6.45, 7) is 4.37. The maximum absolute atomic E-state index is 5.83. The second-order valence-electron chi connectivity index (χ2n) is 5.02. The normalized spacial score (nSPS) is 21.5. The zero-order valence-corrected chi connectivity index (χ0v) is 11.0. The highest BCUT2D eigenvalue weighted by molar-refractivity contribution is 5.62. The third-order valence-corrected chi connectivity index (χ3v) is 3.13. The van der Waals surface area contributed by atoms with E-state index in [1.165, 1.54) is 0 Å². The summed E-state index contributed by atoms with van der Waals surface area (Å²) in [4.78, 5) is 8.42. The highest BCUT2D eigenvalue weighted by atomic mass is 16.7. The summed E-state index contributed by atoms with van der Waals surface area (Å²) >= 11 is 0. The minimum Gasteiger partial charge on any atom is -0.347 e. The molecule has 3 rings (SSSR count). The molecule has 0 aliphatic carbocycles. The lowest BCUT2D eigenvalue weighted by Crippen LogP contribution is -2.19. The van der Waals surface area contributed by atoms with Gasteiger partial charge in [0.2, 0.25) is 0 Å². The highest BCUT2D eigenvalue weighted by Crippen LogP contribution is 2.33. The first-order valence-electron chi connectivity index (χ1n) is 6.32. The number of rotatable bonds is 2. The monoisotopic (exact) mass is 256 g/mol. The van der Waals surface area contributed by atoms with Gasteiger partial charge in [-0.1, -0.05) is 0 Å². The summed E-state index contributed by atoms with van der Waals surface area (Å²) in [5.41, 5.74) is 3.14. The average molecular weight is 256 g/mol. The maximum atomic E-state index is 5.83. The van der Waals surface area contributed by atoms with Crippen LogP contribution in [0.25, 0.3) is 11.1 Å². The quantitative estimate of drug-likeness (QED) is 0.828. The van der Waals surface area contributed by atoms with E-state index in [1.54, 1.807) is 18.6 Å². The van der Waals surface area contributed by atoms with E-state index >= 15 is 0 Å². The van der Waals surface area contributed by atoms with Crippen LogP contribution >= 0.6 is 0 Å². The Morgan fingerprint density at radius 2 is 1.84 bits per heavy atom. The molecule has 98 valence electrons. The summed E-state index contributed by atoms with van der Waals surface area (Å²) in [5.74, 6) is -0.529. The lowest BCUT2D eigenvalue weighted by Gasteiger charge is -2.17. The molecule has 0 radical (unpaired) electrons. The van der Waals surface area contributed by atoms with E-state index in [2.05, 4.69) is 9.97 Å². The molecule has 0 bridgehead atoms. The lowest BCUT2D eigenvalue weighted by molar-refractivity contribution is -0.139. The Labute approximate surface area is 112 Å². The van der Waals surface area contributed by atoms with Crippen molar-refractivity contribution in [1.82, 2.24) is 9.97 Å². The molecule has 0 amide bonds. The van der Waals surface area contributed by atoms with Crippen molar-refractivity contribution in [2.24, 2.45) is 0 Å². The molecule has 4 heteroatoms. The summed E-state index contributed by atoms with van der Waals surface area (Å²) < 4.78 is 11.4. The standard InChI is InChI=1S/C15H16N2O2/c1-15(2)18-10-14(19-15)13-9-12(5-8-17-13)11-3-6-16-7-4-11/h3-9,14H,10H2,1-2H3. The molecule has 1 aliphatic rings. The molecular formula is C15H16N2O2. The number of hydrogen-bond donors (Lipinski definition) is 0. The minimum atomic E-state index is -0.529. The van der Waals surface area contributed by atoms with Crippen LogP contribution in [0.15, 0.2) is 42.9 Å². The minimum absolute atomic E-state index is 0.100. The van der Waals surface area contributed by atoms with Crippen LogP contribution in [0.1, 0.15) is 25.6 Å². The molecule has 4 nitrogen and oxygen atoms in total. The first kappa shape index (κ1) is 12.3. The first-order chi connectivity index (χ1) is 9.14. The zero-order chi connectivity index (χ0) is 13.3. The molecule has 0 N–H and O–H groups in total. The fourth-order valence-corrected chi connectivity index (χ4v) is 2.18.